The molecular weight excluding hydrogens is 378 g/mol. The van der Waals surface area contributed by atoms with E-state index in [1.807, 2.05) is 53.4 Å². The summed E-state index contributed by atoms with van der Waals surface area (Å²) in [5.41, 5.74) is 1.42. The summed E-state index contributed by atoms with van der Waals surface area (Å²) in [5, 5.41) is 5.40. The van der Waals surface area contributed by atoms with Crippen LogP contribution in [0.2, 0.25) is 0 Å². The number of hydrogen-bond acceptors (Lipinski definition) is 5. The third kappa shape index (κ3) is 5.40. The number of amides is 2. The van der Waals surface area contributed by atoms with E-state index in [9.17, 15) is 18.0 Å². The lowest BCUT2D eigenvalue weighted by Crippen LogP contribution is -2.48. The van der Waals surface area contributed by atoms with E-state index in [2.05, 4.69) is 10.6 Å². The molecule has 1 atom stereocenters. The Hall–Kier alpha value is -2.71. The summed E-state index contributed by atoms with van der Waals surface area (Å²) in [6.45, 7) is 0.403. The molecule has 0 aromatic heterocycles. The van der Waals surface area contributed by atoms with Crippen LogP contribution in [-0.2, 0) is 19.4 Å². The standard InChI is InChI=1S/C20H23N3O4S/c24-18(22-17-9-5-2-6-10-17)15-21-20(25)19(16-7-3-1-4-8-16)23-11-13-28(26,27)14-12-23/h1-10,19H,11-15H2,(H,21,25)(H,22,24). The van der Waals surface area contributed by atoms with Crippen molar-refractivity contribution in [1.82, 2.24) is 10.2 Å². The summed E-state index contributed by atoms with van der Waals surface area (Å²) in [4.78, 5) is 26.8. The predicted octanol–water partition coefficient (Wildman–Crippen LogP) is 1.21. The van der Waals surface area contributed by atoms with Crippen LogP contribution in [0.4, 0.5) is 5.69 Å². The molecule has 2 aromatic rings. The summed E-state index contributed by atoms with van der Waals surface area (Å²) < 4.78 is 23.5. The number of sulfone groups is 1. The van der Waals surface area contributed by atoms with Crippen molar-refractivity contribution in [2.45, 2.75) is 6.04 Å². The summed E-state index contributed by atoms with van der Waals surface area (Å²) in [5.74, 6) is -0.600. The van der Waals surface area contributed by atoms with Gasteiger partial charge in [-0.15, -0.1) is 0 Å². The van der Waals surface area contributed by atoms with Crippen LogP contribution in [0.1, 0.15) is 11.6 Å². The minimum atomic E-state index is -3.05. The van der Waals surface area contributed by atoms with Crippen molar-refractivity contribution in [3.05, 3.63) is 66.2 Å². The van der Waals surface area contributed by atoms with Gasteiger partial charge in [-0.2, -0.15) is 0 Å². The summed E-state index contributed by atoms with van der Waals surface area (Å²) >= 11 is 0. The first-order valence-corrected chi connectivity index (χ1v) is 10.9. The van der Waals surface area contributed by atoms with Crippen LogP contribution in [0.3, 0.4) is 0 Å². The van der Waals surface area contributed by atoms with Gasteiger partial charge in [-0.05, 0) is 17.7 Å². The lowest BCUT2D eigenvalue weighted by Gasteiger charge is -2.33. The Bertz CT molecular complexity index is 903. The van der Waals surface area contributed by atoms with Gasteiger partial charge < -0.3 is 10.6 Å². The molecule has 1 unspecified atom stereocenters. The number of nitrogens with zero attached hydrogens (tertiary/aromatic N) is 1. The highest BCUT2D eigenvalue weighted by Gasteiger charge is 2.32. The molecule has 0 saturated carbocycles. The van der Waals surface area contributed by atoms with E-state index in [1.54, 1.807) is 12.1 Å². The number of carbonyl (C=O) groups excluding carboxylic acids is 2. The molecule has 8 heteroatoms. The molecule has 2 amide bonds. The third-order valence-electron chi connectivity index (χ3n) is 4.59. The monoisotopic (exact) mass is 401 g/mol. The quantitative estimate of drug-likeness (QED) is 0.759. The maximum Gasteiger partial charge on any atom is 0.243 e. The van der Waals surface area contributed by atoms with Crippen LogP contribution in [0.15, 0.2) is 60.7 Å². The van der Waals surface area contributed by atoms with Gasteiger partial charge in [-0.1, -0.05) is 48.5 Å². The van der Waals surface area contributed by atoms with Crippen molar-refractivity contribution >= 4 is 27.3 Å². The van der Waals surface area contributed by atoms with Crippen LogP contribution >= 0.6 is 0 Å². The van der Waals surface area contributed by atoms with Crippen LogP contribution < -0.4 is 10.6 Å². The van der Waals surface area contributed by atoms with Gasteiger partial charge in [0.15, 0.2) is 9.84 Å². The molecule has 1 heterocycles. The number of nitrogens with one attached hydrogen (secondary N) is 2. The summed E-state index contributed by atoms with van der Waals surface area (Å²) in [6.07, 6.45) is 0. The predicted molar refractivity (Wildman–Crippen MR) is 107 cm³/mol. The second-order valence-electron chi connectivity index (χ2n) is 6.63. The zero-order valence-corrected chi connectivity index (χ0v) is 16.2. The average molecular weight is 401 g/mol. The maximum absolute atomic E-state index is 12.9. The number of para-hydroxylation sites is 1. The molecule has 0 bridgehead atoms. The maximum atomic E-state index is 12.9. The second-order valence-corrected chi connectivity index (χ2v) is 8.94. The van der Waals surface area contributed by atoms with Crippen LogP contribution in [-0.4, -0.2) is 56.3 Å². The van der Waals surface area contributed by atoms with Crippen molar-refractivity contribution in [3.63, 3.8) is 0 Å². The van der Waals surface area contributed by atoms with E-state index in [0.717, 1.165) is 5.56 Å². The normalized spacial score (nSPS) is 17.4. The number of rotatable bonds is 6. The van der Waals surface area contributed by atoms with Gasteiger partial charge in [-0.3, -0.25) is 14.5 Å². The first kappa shape index (κ1) is 20.0. The Morgan fingerprint density at radius 3 is 2.11 bits per heavy atom. The van der Waals surface area contributed by atoms with Gasteiger partial charge >= 0.3 is 0 Å². The lowest BCUT2D eigenvalue weighted by molar-refractivity contribution is -0.128. The highest BCUT2D eigenvalue weighted by atomic mass is 32.2. The summed E-state index contributed by atoms with van der Waals surface area (Å²) in [7, 11) is -3.05. The van der Waals surface area contributed by atoms with E-state index in [1.165, 1.54) is 0 Å². The smallest absolute Gasteiger partial charge is 0.243 e. The average Bonchev–Trinajstić information content (AvgIpc) is 2.69. The summed E-state index contributed by atoms with van der Waals surface area (Å²) in [6, 6.07) is 17.5. The molecule has 2 N–H and O–H groups in total. The molecule has 0 radical (unpaired) electrons. The SMILES string of the molecule is O=C(CNC(=O)C(c1ccccc1)N1CCS(=O)(=O)CC1)Nc1ccccc1. The second kappa shape index (κ2) is 8.99. The molecule has 148 valence electrons. The van der Waals surface area contributed by atoms with Crippen LogP contribution in [0, 0.1) is 0 Å². The van der Waals surface area contributed by atoms with Gasteiger partial charge in [0, 0.05) is 18.8 Å². The Balaban J connectivity index is 1.66. The van der Waals surface area contributed by atoms with E-state index in [0.29, 0.717) is 5.69 Å². The number of anilines is 1. The Morgan fingerprint density at radius 2 is 1.50 bits per heavy atom. The van der Waals surface area contributed by atoms with Crippen molar-refractivity contribution in [1.29, 1.82) is 0 Å². The lowest BCUT2D eigenvalue weighted by atomic mass is 10.0. The Labute approximate surface area is 164 Å². The van der Waals surface area contributed by atoms with Crippen molar-refractivity contribution in [3.8, 4) is 0 Å². The fourth-order valence-electron chi connectivity index (χ4n) is 3.14. The number of benzene rings is 2. The third-order valence-corrected chi connectivity index (χ3v) is 6.20. The number of carbonyl (C=O) groups is 2. The van der Waals surface area contributed by atoms with Crippen LogP contribution in [0.5, 0.6) is 0 Å². The number of hydrogen-bond donors (Lipinski definition) is 2. The molecule has 2 aromatic carbocycles. The molecule has 1 fully saturated rings. The minimum Gasteiger partial charge on any atom is -0.345 e. The van der Waals surface area contributed by atoms with Gasteiger partial charge in [0.05, 0.1) is 18.1 Å². The van der Waals surface area contributed by atoms with Gasteiger partial charge in [0.1, 0.15) is 6.04 Å². The van der Waals surface area contributed by atoms with Crippen molar-refractivity contribution < 1.29 is 18.0 Å². The Morgan fingerprint density at radius 1 is 0.929 bits per heavy atom. The first-order chi connectivity index (χ1) is 13.4. The zero-order chi connectivity index (χ0) is 20.0. The fourth-order valence-corrected chi connectivity index (χ4v) is 4.37. The Kier molecular flexibility index (Phi) is 6.43. The first-order valence-electron chi connectivity index (χ1n) is 9.07. The highest BCUT2D eigenvalue weighted by molar-refractivity contribution is 7.91. The molecule has 28 heavy (non-hydrogen) atoms. The van der Waals surface area contributed by atoms with Gasteiger partial charge in [0.2, 0.25) is 11.8 Å². The highest BCUT2D eigenvalue weighted by Crippen LogP contribution is 2.23. The topological polar surface area (TPSA) is 95.6 Å². The van der Waals surface area contributed by atoms with Crippen molar-refractivity contribution in [2.75, 3.05) is 36.5 Å². The van der Waals surface area contributed by atoms with Gasteiger partial charge in [0.25, 0.3) is 0 Å². The largest absolute Gasteiger partial charge is 0.345 e. The van der Waals surface area contributed by atoms with E-state index < -0.39 is 15.9 Å². The molecule has 1 aliphatic heterocycles. The van der Waals surface area contributed by atoms with E-state index in [-0.39, 0.29) is 43.0 Å². The molecule has 1 aliphatic rings. The van der Waals surface area contributed by atoms with Gasteiger partial charge in [-0.25, -0.2) is 8.42 Å². The fraction of sp³-hybridized carbons (Fsp3) is 0.300. The molecular formula is C20H23N3O4S. The van der Waals surface area contributed by atoms with E-state index >= 15 is 0 Å². The van der Waals surface area contributed by atoms with Crippen molar-refractivity contribution in [2.24, 2.45) is 0 Å². The molecule has 0 spiro atoms. The molecule has 3 rings (SSSR count). The molecule has 0 aliphatic carbocycles. The molecule has 7 nitrogen and oxygen atoms in total. The van der Waals surface area contributed by atoms with Crippen LogP contribution in [0.25, 0.3) is 0 Å². The van der Waals surface area contributed by atoms with E-state index in [4.69, 9.17) is 0 Å². The molecule has 1 saturated heterocycles. The zero-order valence-electron chi connectivity index (χ0n) is 15.4. The minimum absolute atomic E-state index is 0.0259.